The molecule has 1 rings (SSSR count). The molecule has 0 atom stereocenters. The average Bonchev–Trinajstić information content (AvgIpc) is 1.79. The van der Waals surface area contributed by atoms with E-state index < -0.39 is 0 Å². The van der Waals surface area contributed by atoms with E-state index in [1.54, 1.807) is 19.0 Å². The van der Waals surface area contributed by atoms with Crippen LogP contribution in [0.3, 0.4) is 0 Å². The molecule has 1 saturated carbocycles. The van der Waals surface area contributed by atoms with E-state index in [0.29, 0.717) is 0 Å². The summed E-state index contributed by atoms with van der Waals surface area (Å²) in [6, 6.07) is 0.272. The van der Waals surface area contributed by atoms with Gasteiger partial charge in [-0.15, -0.1) is 0 Å². The van der Waals surface area contributed by atoms with Gasteiger partial charge in [-0.25, -0.2) is 0 Å². The zero-order chi connectivity index (χ0) is 7.72. The molecule has 58 valence electrons. The molecule has 0 unspecified atom stereocenters. The van der Waals surface area contributed by atoms with Crippen LogP contribution in [0.1, 0.15) is 12.8 Å². The quantitative estimate of drug-likeness (QED) is 0.551. The summed E-state index contributed by atoms with van der Waals surface area (Å²) in [5.41, 5.74) is 5.54. The first-order valence-corrected chi connectivity index (χ1v) is 3.58. The van der Waals surface area contributed by atoms with Gasteiger partial charge in [-0.05, 0) is 12.8 Å². The van der Waals surface area contributed by atoms with E-state index in [0.717, 1.165) is 12.8 Å². The number of nitrogens with two attached hydrogens (primary N) is 1. The Kier molecular flexibility index (Phi) is 1.94. The molecular formula is C7H14N2O. The van der Waals surface area contributed by atoms with Gasteiger partial charge in [-0.1, -0.05) is 0 Å². The molecular weight excluding hydrogens is 128 g/mol. The molecule has 1 aliphatic rings. The second kappa shape index (κ2) is 2.58. The second-order valence-corrected chi connectivity index (χ2v) is 3.16. The molecule has 0 bridgehead atoms. The summed E-state index contributed by atoms with van der Waals surface area (Å²) < 4.78 is 0. The highest BCUT2D eigenvalue weighted by molar-refractivity contribution is 5.79. The fourth-order valence-corrected chi connectivity index (χ4v) is 1.23. The van der Waals surface area contributed by atoms with Gasteiger partial charge in [0.25, 0.3) is 0 Å². The molecule has 0 radical (unpaired) electrons. The Bertz CT molecular complexity index is 139. The molecule has 1 amide bonds. The number of carbonyl (C=O) groups is 1. The zero-order valence-corrected chi connectivity index (χ0v) is 6.50. The monoisotopic (exact) mass is 142 g/mol. The van der Waals surface area contributed by atoms with Gasteiger partial charge in [0.2, 0.25) is 5.91 Å². The van der Waals surface area contributed by atoms with Crippen molar-refractivity contribution in [2.24, 2.45) is 11.7 Å². The van der Waals surface area contributed by atoms with Gasteiger partial charge in [-0.3, -0.25) is 4.79 Å². The molecule has 2 N–H and O–H groups in total. The van der Waals surface area contributed by atoms with Gasteiger partial charge < -0.3 is 10.6 Å². The van der Waals surface area contributed by atoms with Crippen LogP contribution >= 0.6 is 0 Å². The summed E-state index contributed by atoms with van der Waals surface area (Å²) in [4.78, 5) is 12.8. The van der Waals surface area contributed by atoms with Crippen LogP contribution < -0.4 is 5.73 Å². The lowest BCUT2D eigenvalue weighted by Crippen LogP contribution is -2.44. The maximum Gasteiger partial charge on any atom is 0.225 e. The van der Waals surface area contributed by atoms with Gasteiger partial charge >= 0.3 is 0 Å². The third-order valence-corrected chi connectivity index (χ3v) is 1.96. The number of rotatable bonds is 1. The van der Waals surface area contributed by atoms with Crippen molar-refractivity contribution in [3.63, 3.8) is 0 Å². The van der Waals surface area contributed by atoms with Crippen LogP contribution in [0.4, 0.5) is 0 Å². The smallest absolute Gasteiger partial charge is 0.225 e. The van der Waals surface area contributed by atoms with E-state index in [-0.39, 0.29) is 17.9 Å². The van der Waals surface area contributed by atoms with Crippen molar-refractivity contribution >= 4 is 5.91 Å². The number of amides is 1. The van der Waals surface area contributed by atoms with Crippen molar-refractivity contribution in [3.05, 3.63) is 0 Å². The normalized spacial score (nSPS) is 31.1. The minimum Gasteiger partial charge on any atom is -0.349 e. The molecule has 3 nitrogen and oxygen atoms in total. The molecule has 0 aliphatic heterocycles. The summed E-state index contributed by atoms with van der Waals surface area (Å²) in [7, 11) is 3.57. The molecule has 0 saturated heterocycles. The molecule has 0 aromatic rings. The van der Waals surface area contributed by atoms with Crippen LogP contribution in [0, 0.1) is 5.92 Å². The van der Waals surface area contributed by atoms with Crippen molar-refractivity contribution in [1.82, 2.24) is 4.90 Å². The Hall–Kier alpha value is -0.570. The van der Waals surface area contributed by atoms with Gasteiger partial charge in [0.15, 0.2) is 0 Å². The molecule has 0 heterocycles. The van der Waals surface area contributed by atoms with Crippen molar-refractivity contribution in [1.29, 1.82) is 0 Å². The van der Waals surface area contributed by atoms with Crippen molar-refractivity contribution < 1.29 is 4.79 Å². The Balaban J connectivity index is 2.31. The number of hydrogen-bond acceptors (Lipinski definition) is 2. The third kappa shape index (κ3) is 1.29. The fourth-order valence-electron chi connectivity index (χ4n) is 1.23. The van der Waals surface area contributed by atoms with Crippen LogP contribution in [-0.2, 0) is 4.79 Å². The Labute approximate surface area is 61.2 Å². The van der Waals surface area contributed by atoms with Crippen molar-refractivity contribution in [2.45, 2.75) is 18.9 Å². The number of carbonyl (C=O) groups excluding carboxylic acids is 1. The first-order valence-electron chi connectivity index (χ1n) is 3.58. The van der Waals surface area contributed by atoms with Crippen LogP contribution in [0.2, 0.25) is 0 Å². The number of hydrogen-bond donors (Lipinski definition) is 1. The topological polar surface area (TPSA) is 46.3 Å². The van der Waals surface area contributed by atoms with Crippen LogP contribution in [0.25, 0.3) is 0 Å². The molecule has 0 spiro atoms. The van der Waals surface area contributed by atoms with E-state index >= 15 is 0 Å². The molecule has 0 aromatic carbocycles. The third-order valence-electron chi connectivity index (χ3n) is 1.96. The predicted molar refractivity (Wildman–Crippen MR) is 39.4 cm³/mol. The van der Waals surface area contributed by atoms with Gasteiger partial charge in [0, 0.05) is 26.1 Å². The lowest BCUT2D eigenvalue weighted by molar-refractivity contribution is -0.136. The van der Waals surface area contributed by atoms with Gasteiger partial charge in [0.1, 0.15) is 0 Å². The van der Waals surface area contributed by atoms with E-state index in [4.69, 9.17) is 5.73 Å². The lowest BCUT2D eigenvalue weighted by Gasteiger charge is -2.32. The highest BCUT2D eigenvalue weighted by Crippen LogP contribution is 2.26. The summed E-state index contributed by atoms with van der Waals surface area (Å²) in [6.07, 6.45) is 1.74. The first kappa shape index (κ1) is 7.54. The molecule has 1 aliphatic carbocycles. The van der Waals surface area contributed by atoms with Crippen LogP contribution in [-0.4, -0.2) is 30.9 Å². The summed E-state index contributed by atoms with van der Waals surface area (Å²) >= 11 is 0. The maximum atomic E-state index is 11.1. The Morgan fingerprint density at radius 1 is 1.50 bits per heavy atom. The standard InChI is InChI=1S/C7H14N2O/c1-9(2)7(10)5-3-6(8)4-5/h5-6H,3-4,8H2,1-2H3/t5-,6-. The molecule has 1 fully saturated rings. The van der Waals surface area contributed by atoms with Crippen LogP contribution in [0.5, 0.6) is 0 Å². The number of nitrogens with zero attached hydrogens (tertiary/aromatic N) is 1. The van der Waals surface area contributed by atoms with E-state index in [1.165, 1.54) is 0 Å². The van der Waals surface area contributed by atoms with Crippen molar-refractivity contribution in [2.75, 3.05) is 14.1 Å². The minimum absolute atomic E-state index is 0.213. The largest absolute Gasteiger partial charge is 0.349 e. The summed E-state index contributed by atoms with van der Waals surface area (Å²) in [5.74, 6) is 0.437. The fraction of sp³-hybridized carbons (Fsp3) is 0.857. The van der Waals surface area contributed by atoms with Gasteiger partial charge in [0.05, 0.1) is 0 Å². The molecule has 0 aromatic heterocycles. The van der Waals surface area contributed by atoms with Crippen LogP contribution in [0.15, 0.2) is 0 Å². The zero-order valence-electron chi connectivity index (χ0n) is 6.50. The predicted octanol–water partition coefficient (Wildman–Crippen LogP) is -0.188. The Morgan fingerprint density at radius 3 is 2.30 bits per heavy atom. The highest BCUT2D eigenvalue weighted by atomic mass is 16.2. The van der Waals surface area contributed by atoms with Gasteiger partial charge in [-0.2, -0.15) is 0 Å². The highest BCUT2D eigenvalue weighted by Gasteiger charge is 2.32. The Morgan fingerprint density at radius 2 is 2.00 bits per heavy atom. The SMILES string of the molecule is CN(C)C(=O)[C@H]1C[C@H](N)C1. The first-order chi connectivity index (χ1) is 4.61. The second-order valence-electron chi connectivity index (χ2n) is 3.16. The molecule has 3 heteroatoms. The van der Waals surface area contributed by atoms with E-state index in [2.05, 4.69) is 0 Å². The maximum absolute atomic E-state index is 11.1. The van der Waals surface area contributed by atoms with E-state index in [9.17, 15) is 4.79 Å². The average molecular weight is 142 g/mol. The van der Waals surface area contributed by atoms with E-state index in [1.807, 2.05) is 0 Å². The summed E-state index contributed by atoms with van der Waals surface area (Å²) in [6.45, 7) is 0. The minimum atomic E-state index is 0.213. The lowest BCUT2D eigenvalue weighted by atomic mass is 9.80. The van der Waals surface area contributed by atoms with Crippen molar-refractivity contribution in [3.8, 4) is 0 Å². The molecule has 10 heavy (non-hydrogen) atoms. The summed E-state index contributed by atoms with van der Waals surface area (Å²) in [5, 5.41) is 0.